The first-order chi connectivity index (χ1) is 14.6. The third kappa shape index (κ3) is 4.70. The highest BCUT2D eigenvalue weighted by molar-refractivity contribution is 5.33. The summed E-state index contributed by atoms with van der Waals surface area (Å²) in [6.07, 6.45) is 15.2. The minimum atomic E-state index is -0.797. The summed E-state index contributed by atoms with van der Waals surface area (Å²) in [4.78, 5) is 0. The van der Waals surface area contributed by atoms with E-state index in [0.29, 0.717) is 18.1 Å². The first-order valence-corrected chi connectivity index (χ1v) is 12.7. The molecule has 3 heteroatoms. The Morgan fingerprint density at radius 1 is 0.767 bits per heavy atom. The number of ether oxygens (including phenoxy) is 1. The molecule has 0 spiro atoms. The second kappa shape index (κ2) is 10.0. The van der Waals surface area contributed by atoms with Gasteiger partial charge in [-0.1, -0.05) is 39.2 Å². The number of fused-ring (bicyclic) bond motifs is 1. The van der Waals surface area contributed by atoms with Crippen molar-refractivity contribution in [1.82, 2.24) is 0 Å². The van der Waals surface area contributed by atoms with E-state index >= 15 is 0 Å². The lowest BCUT2D eigenvalue weighted by Gasteiger charge is -2.45. The van der Waals surface area contributed by atoms with E-state index in [4.69, 9.17) is 4.74 Å². The molecule has 3 saturated carbocycles. The van der Waals surface area contributed by atoms with Gasteiger partial charge in [0.2, 0.25) is 5.82 Å². The lowest BCUT2D eigenvalue weighted by Crippen LogP contribution is -2.34. The number of benzene rings is 1. The maximum atomic E-state index is 14.8. The van der Waals surface area contributed by atoms with E-state index < -0.39 is 11.6 Å². The van der Waals surface area contributed by atoms with Crippen LogP contribution < -0.4 is 4.74 Å². The molecule has 0 saturated heterocycles. The second-order valence-corrected chi connectivity index (χ2v) is 10.4. The van der Waals surface area contributed by atoms with Gasteiger partial charge >= 0.3 is 0 Å². The van der Waals surface area contributed by atoms with Crippen LogP contribution in [0.1, 0.15) is 102 Å². The zero-order valence-electron chi connectivity index (χ0n) is 19.0. The molecule has 0 radical (unpaired) electrons. The highest BCUT2D eigenvalue weighted by Crippen LogP contribution is 2.51. The number of rotatable bonds is 6. The SMILES string of the molecule is CCCOc1ccc(C2CCC3CC(C4CCC(CC)CC4)CCC3C2)c(F)c1F. The molecule has 4 atom stereocenters. The average Bonchev–Trinajstić information content (AvgIpc) is 2.79. The van der Waals surface area contributed by atoms with E-state index in [2.05, 4.69) is 6.92 Å². The van der Waals surface area contributed by atoms with Crippen molar-refractivity contribution in [3.63, 3.8) is 0 Å². The van der Waals surface area contributed by atoms with Crippen molar-refractivity contribution >= 4 is 0 Å². The summed E-state index contributed by atoms with van der Waals surface area (Å²) < 4.78 is 34.7. The molecule has 0 heterocycles. The van der Waals surface area contributed by atoms with E-state index in [1.165, 1.54) is 57.8 Å². The van der Waals surface area contributed by atoms with Crippen molar-refractivity contribution in [1.29, 1.82) is 0 Å². The molecule has 0 aromatic heterocycles. The molecule has 4 rings (SSSR count). The molecule has 0 N–H and O–H groups in total. The number of halogens is 2. The standard InChI is InChI=1S/C27H40F2O/c1-3-15-30-25-14-13-24(26(28)27(25)29)23-12-11-21-16-20(9-10-22(21)17-23)19-7-5-18(4-2)6-8-19/h13-14,18-23H,3-12,15-17H2,1-2H3. The second-order valence-electron chi connectivity index (χ2n) is 10.4. The van der Waals surface area contributed by atoms with E-state index in [0.717, 1.165) is 42.9 Å². The van der Waals surface area contributed by atoms with Gasteiger partial charge in [0, 0.05) is 0 Å². The highest BCUT2D eigenvalue weighted by Gasteiger charge is 2.39. The van der Waals surface area contributed by atoms with Gasteiger partial charge in [0.25, 0.3) is 0 Å². The Labute approximate surface area is 182 Å². The fourth-order valence-corrected chi connectivity index (χ4v) is 6.89. The smallest absolute Gasteiger partial charge is 0.200 e. The summed E-state index contributed by atoms with van der Waals surface area (Å²) in [5.41, 5.74) is 0.579. The molecule has 168 valence electrons. The predicted molar refractivity (Wildman–Crippen MR) is 119 cm³/mol. The van der Waals surface area contributed by atoms with Gasteiger partial charge in [-0.15, -0.1) is 0 Å². The zero-order chi connectivity index (χ0) is 21.1. The normalized spacial score (nSPS) is 34.4. The van der Waals surface area contributed by atoms with Crippen LogP contribution in [-0.2, 0) is 0 Å². The van der Waals surface area contributed by atoms with Gasteiger partial charge < -0.3 is 4.74 Å². The summed E-state index contributed by atoms with van der Waals surface area (Å²) >= 11 is 0. The van der Waals surface area contributed by atoms with Crippen LogP contribution in [0.2, 0.25) is 0 Å². The molecular weight excluding hydrogens is 378 g/mol. The summed E-state index contributed by atoms with van der Waals surface area (Å²) in [6, 6.07) is 3.42. The predicted octanol–water partition coefficient (Wildman–Crippen LogP) is 8.27. The van der Waals surface area contributed by atoms with Crippen molar-refractivity contribution in [2.45, 2.75) is 96.8 Å². The average molecular weight is 419 g/mol. The first-order valence-electron chi connectivity index (χ1n) is 12.7. The fourth-order valence-electron chi connectivity index (χ4n) is 6.89. The van der Waals surface area contributed by atoms with Crippen LogP contribution in [0.25, 0.3) is 0 Å². The third-order valence-corrected chi connectivity index (χ3v) is 8.77. The molecule has 0 amide bonds. The third-order valence-electron chi connectivity index (χ3n) is 8.77. The van der Waals surface area contributed by atoms with Gasteiger partial charge in [-0.25, -0.2) is 4.39 Å². The van der Waals surface area contributed by atoms with Gasteiger partial charge in [0.1, 0.15) is 0 Å². The van der Waals surface area contributed by atoms with Crippen molar-refractivity contribution < 1.29 is 13.5 Å². The van der Waals surface area contributed by atoms with Crippen LogP contribution >= 0.6 is 0 Å². The molecule has 1 aromatic rings. The van der Waals surface area contributed by atoms with E-state index in [1.54, 1.807) is 12.1 Å². The summed E-state index contributed by atoms with van der Waals surface area (Å²) in [5.74, 6) is 3.11. The van der Waals surface area contributed by atoms with Gasteiger partial charge in [-0.05, 0) is 105 Å². The van der Waals surface area contributed by atoms with E-state index in [9.17, 15) is 8.78 Å². The van der Waals surface area contributed by atoms with E-state index in [-0.39, 0.29) is 11.7 Å². The maximum absolute atomic E-state index is 14.8. The molecule has 4 unspecified atom stereocenters. The van der Waals surface area contributed by atoms with Crippen molar-refractivity contribution in [2.24, 2.45) is 29.6 Å². The van der Waals surface area contributed by atoms with Crippen LogP contribution in [-0.4, -0.2) is 6.61 Å². The molecule has 1 aromatic carbocycles. The number of hydrogen-bond donors (Lipinski definition) is 0. The Balaban J connectivity index is 1.35. The topological polar surface area (TPSA) is 9.23 Å². The Morgan fingerprint density at radius 3 is 2.10 bits per heavy atom. The molecule has 3 fully saturated rings. The molecular formula is C27H40F2O. The lowest BCUT2D eigenvalue weighted by atomic mass is 9.60. The molecule has 0 bridgehead atoms. The molecule has 0 aliphatic heterocycles. The van der Waals surface area contributed by atoms with Crippen LogP contribution in [0, 0.1) is 41.2 Å². The van der Waals surface area contributed by atoms with Crippen LogP contribution in [0.15, 0.2) is 12.1 Å². The minimum Gasteiger partial charge on any atom is -0.490 e. The molecule has 30 heavy (non-hydrogen) atoms. The quantitative estimate of drug-likeness (QED) is 0.452. The fraction of sp³-hybridized carbons (Fsp3) is 0.778. The highest BCUT2D eigenvalue weighted by atomic mass is 19.2. The zero-order valence-corrected chi connectivity index (χ0v) is 19.0. The summed E-state index contributed by atoms with van der Waals surface area (Å²) in [7, 11) is 0. The maximum Gasteiger partial charge on any atom is 0.200 e. The Kier molecular flexibility index (Phi) is 7.36. The number of hydrogen-bond acceptors (Lipinski definition) is 1. The lowest BCUT2D eigenvalue weighted by molar-refractivity contribution is 0.0711. The van der Waals surface area contributed by atoms with Crippen molar-refractivity contribution in [2.75, 3.05) is 6.61 Å². The largest absolute Gasteiger partial charge is 0.490 e. The minimum absolute atomic E-state index is 0.0603. The Hall–Kier alpha value is -1.12. The molecule has 3 aliphatic carbocycles. The van der Waals surface area contributed by atoms with Gasteiger partial charge in [-0.2, -0.15) is 4.39 Å². The van der Waals surface area contributed by atoms with Crippen LogP contribution in [0.5, 0.6) is 5.75 Å². The van der Waals surface area contributed by atoms with Gasteiger partial charge in [0.05, 0.1) is 6.61 Å². The Bertz CT molecular complexity index is 694. The molecule has 3 aliphatic rings. The van der Waals surface area contributed by atoms with Crippen molar-refractivity contribution in [3.05, 3.63) is 29.3 Å². The van der Waals surface area contributed by atoms with Gasteiger partial charge in [-0.3, -0.25) is 0 Å². The van der Waals surface area contributed by atoms with Gasteiger partial charge in [0.15, 0.2) is 11.6 Å². The monoisotopic (exact) mass is 418 g/mol. The summed E-state index contributed by atoms with van der Waals surface area (Å²) in [6.45, 7) is 4.73. The Morgan fingerprint density at radius 2 is 1.40 bits per heavy atom. The van der Waals surface area contributed by atoms with E-state index in [1.807, 2.05) is 6.92 Å². The van der Waals surface area contributed by atoms with Crippen LogP contribution in [0.3, 0.4) is 0 Å². The first kappa shape index (κ1) is 22.1. The van der Waals surface area contributed by atoms with Crippen molar-refractivity contribution in [3.8, 4) is 5.75 Å². The van der Waals surface area contributed by atoms with Crippen LogP contribution in [0.4, 0.5) is 8.78 Å². The summed E-state index contributed by atoms with van der Waals surface area (Å²) in [5, 5.41) is 0. The molecule has 1 nitrogen and oxygen atoms in total.